The van der Waals surface area contributed by atoms with Gasteiger partial charge in [0.05, 0.1) is 12.2 Å². The monoisotopic (exact) mass is 365 g/mol. The second kappa shape index (κ2) is 6.52. The minimum absolute atomic E-state index is 0.0000698. The molecular formula is C15H13ClFN5O3. The van der Waals surface area contributed by atoms with Crippen LogP contribution in [0.5, 0.6) is 0 Å². The number of halogens is 2. The number of anilines is 1. The average molecular weight is 366 g/mol. The van der Waals surface area contributed by atoms with Gasteiger partial charge in [0.25, 0.3) is 11.8 Å². The molecule has 130 valence electrons. The predicted octanol–water partition coefficient (Wildman–Crippen LogP) is 0.917. The van der Waals surface area contributed by atoms with Gasteiger partial charge in [-0.1, -0.05) is 11.6 Å². The van der Waals surface area contributed by atoms with Crippen LogP contribution < -0.4 is 16.0 Å². The molecule has 1 aromatic carbocycles. The summed E-state index contributed by atoms with van der Waals surface area (Å²) in [7, 11) is 1.43. The summed E-state index contributed by atoms with van der Waals surface area (Å²) in [5, 5.41) is 7.65. The number of hydrogen-bond donors (Lipinski definition) is 3. The number of carbonyl (C=O) groups excluding carboxylic acids is 3. The van der Waals surface area contributed by atoms with E-state index in [-0.39, 0.29) is 41.2 Å². The van der Waals surface area contributed by atoms with Crippen LogP contribution in [0.1, 0.15) is 26.7 Å². The molecule has 8 nitrogen and oxygen atoms in total. The first-order chi connectivity index (χ1) is 11.9. The smallest absolute Gasteiger partial charge is 0.287 e. The molecule has 3 amide bonds. The fourth-order valence-electron chi connectivity index (χ4n) is 2.47. The van der Waals surface area contributed by atoms with E-state index in [1.807, 2.05) is 0 Å². The van der Waals surface area contributed by atoms with Crippen LogP contribution >= 0.6 is 11.6 Å². The molecule has 0 unspecified atom stereocenters. The third-order valence-electron chi connectivity index (χ3n) is 3.61. The number of nitrogens with zero attached hydrogens (tertiary/aromatic N) is 2. The topological polar surface area (TPSA) is 105 Å². The molecule has 0 radical (unpaired) electrons. The van der Waals surface area contributed by atoms with E-state index in [1.165, 1.54) is 17.7 Å². The first kappa shape index (κ1) is 16.9. The molecule has 0 bridgehead atoms. The Balaban J connectivity index is 1.96. The minimum Gasteiger partial charge on any atom is -0.352 e. The predicted molar refractivity (Wildman–Crippen MR) is 86.8 cm³/mol. The Hall–Kier alpha value is -2.94. The molecule has 3 rings (SSSR count). The Morgan fingerprint density at radius 1 is 1.32 bits per heavy atom. The van der Waals surface area contributed by atoms with Crippen LogP contribution in [0.3, 0.4) is 0 Å². The van der Waals surface area contributed by atoms with Crippen molar-refractivity contribution in [2.45, 2.75) is 13.1 Å². The maximum atomic E-state index is 13.4. The van der Waals surface area contributed by atoms with E-state index in [4.69, 9.17) is 11.6 Å². The first-order valence-corrected chi connectivity index (χ1v) is 7.62. The van der Waals surface area contributed by atoms with Gasteiger partial charge in [-0.25, -0.2) is 9.37 Å². The van der Waals surface area contributed by atoms with Crippen molar-refractivity contribution in [1.82, 2.24) is 20.2 Å². The number of aromatic nitrogens is 2. The quantitative estimate of drug-likeness (QED) is 0.752. The maximum absolute atomic E-state index is 13.4. The van der Waals surface area contributed by atoms with Crippen molar-refractivity contribution in [3.8, 4) is 0 Å². The Morgan fingerprint density at radius 3 is 2.76 bits per heavy atom. The fraction of sp³-hybridized carbons (Fsp3) is 0.200. The summed E-state index contributed by atoms with van der Waals surface area (Å²) in [6.45, 7) is 0.00903. The van der Waals surface area contributed by atoms with Gasteiger partial charge in [0.15, 0.2) is 5.82 Å². The Morgan fingerprint density at radius 2 is 2.08 bits per heavy atom. The zero-order chi connectivity index (χ0) is 18.1. The normalized spacial score (nSPS) is 13.0. The minimum atomic E-state index is -0.650. The maximum Gasteiger partial charge on any atom is 0.287 e. The summed E-state index contributed by atoms with van der Waals surface area (Å²) in [5.74, 6) is -1.94. The lowest BCUT2D eigenvalue weighted by atomic mass is 10.2. The molecule has 1 aliphatic rings. The Kier molecular flexibility index (Phi) is 4.41. The highest BCUT2D eigenvalue weighted by atomic mass is 35.5. The van der Waals surface area contributed by atoms with E-state index in [0.717, 1.165) is 12.1 Å². The van der Waals surface area contributed by atoms with Gasteiger partial charge in [-0.3, -0.25) is 14.4 Å². The number of imidazole rings is 1. The lowest BCUT2D eigenvalue weighted by Gasteiger charge is -2.17. The van der Waals surface area contributed by atoms with Crippen LogP contribution in [-0.2, 0) is 17.9 Å². The van der Waals surface area contributed by atoms with Gasteiger partial charge in [-0.15, -0.1) is 0 Å². The second-order valence-electron chi connectivity index (χ2n) is 5.28. The fourth-order valence-corrected chi connectivity index (χ4v) is 2.69. The van der Waals surface area contributed by atoms with Gasteiger partial charge in [0, 0.05) is 17.6 Å². The summed E-state index contributed by atoms with van der Waals surface area (Å²) in [6, 6.07) is 3.42. The molecule has 10 heteroatoms. The third-order valence-corrected chi connectivity index (χ3v) is 3.83. The van der Waals surface area contributed by atoms with Gasteiger partial charge in [-0.05, 0) is 18.2 Å². The standard InChI is InChI=1S/C15H13ClFN5O3/c1-18-15(25)13-20-12(10-5-19-11(23)6-22(10)13)21-14(24)7-2-8(16)4-9(17)3-7/h2-4H,5-6H2,1H3,(H,18,25)(H,19,23)(H,21,24). The van der Waals surface area contributed by atoms with Gasteiger partial charge < -0.3 is 20.5 Å². The lowest BCUT2D eigenvalue weighted by molar-refractivity contribution is -0.122. The highest BCUT2D eigenvalue weighted by molar-refractivity contribution is 6.31. The highest BCUT2D eigenvalue weighted by Gasteiger charge is 2.27. The van der Waals surface area contributed by atoms with E-state index in [0.29, 0.717) is 5.69 Å². The van der Waals surface area contributed by atoms with Crippen molar-refractivity contribution in [3.05, 3.63) is 46.1 Å². The van der Waals surface area contributed by atoms with Gasteiger partial charge >= 0.3 is 0 Å². The first-order valence-electron chi connectivity index (χ1n) is 7.24. The van der Waals surface area contributed by atoms with Gasteiger partial charge in [-0.2, -0.15) is 0 Å². The van der Waals surface area contributed by atoms with Crippen molar-refractivity contribution in [2.75, 3.05) is 12.4 Å². The van der Waals surface area contributed by atoms with Crippen molar-refractivity contribution in [1.29, 1.82) is 0 Å². The number of hydrogen-bond acceptors (Lipinski definition) is 4. The van der Waals surface area contributed by atoms with E-state index < -0.39 is 17.6 Å². The van der Waals surface area contributed by atoms with E-state index >= 15 is 0 Å². The number of nitrogens with one attached hydrogen (secondary N) is 3. The van der Waals surface area contributed by atoms with Crippen molar-refractivity contribution in [2.24, 2.45) is 0 Å². The van der Waals surface area contributed by atoms with Crippen LogP contribution in [0.2, 0.25) is 5.02 Å². The Bertz CT molecular complexity index is 875. The molecule has 1 aliphatic heterocycles. The van der Waals surface area contributed by atoms with Crippen molar-refractivity contribution in [3.63, 3.8) is 0 Å². The largest absolute Gasteiger partial charge is 0.352 e. The highest BCUT2D eigenvalue weighted by Crippen LogP contribution is 2.22. The van der Waals surface area contributed by atoms with E-state index in [9.17, 15) is 18.8 Å². The summed E-state index contributed by atoms with van der Waals surface area (Å²) < 4.78 is 14.8. The van der Waals surface area contributed by atoms with Crippen LogP contribution in [0.25, 0.3) is 0 Å². The number of benzene rings is 1. The summed E-state index contributed by atoms with van der Waals surface area (Å²) in [4.78, 5) is 40.0. The van der Waals surface area contributed by atoms with Crippen LogP contribution in [-0.4, -0.2) is 34.3 Å². The van der Waals surface area contributed by atoms with E-state index in [2.05, 4.69) is 20.9 Å². The number of carbonyl (C=O) groups is 3. The molecule has 2 heterocycles. The van der Waals surface area contributed by atoms with E-state index in [1.54, 1.807) is 0 Å². The summed E-state index contributed by atoms with van der Waals surface area (Å²) >= 11 is 5.75. The number of fused-ring (bicyclic) bond motifs is 1. The zero-order valence-electron chi connectivity index (χ0n) is 13.0. The SMILES string of the molecule is CNC(=O)c1nc(NC(=O)c2cc(F)cc(Cl)c2)c2n1CC(=O)NC2. The molecule has 0 saturated heterocycles. The molecule has 0 aliphatic carbocycles. The van der Waals surface area contributed by atoms with Crippen molar-refractivity contribution < 1.29 is 18.8 Å². The van der Waals surface area contributed by atoms with Crippen LogP contribution in [0.15, 0.2) is 18.2 Å². The van der Waals surface area contributed by atoms with Crippen LogP contribution in [0, 0.1) is 5.82 Å². The summed E-state index contributed by atoms with van der Waals surface area (Å²) in [5.41, 5.74) is 0.474. The second-order valence-corrected chi connectivity index (χ2v) is 5.72. The lowest BCUT2D eigenvalue weighted by Crippen LogP contribution is -2.36. The third kappa shape index (κ3) is 3.31. The molecule has 25 heavy (non-hydrogen) atoms. The average Bonchev–Trinajstić information content (AvgIpc) is 2.91. The number of amides is 3. The van der Waals surface area contributed by atoms with Crippen molar-refractivity contribution >= 4 is 35.1 Å². The zero-order valence-corrected chi connectivity index (χ0v) is 13.8. The molecular weight excluding hydrogens is 353 g/mol. The number of rotatable bonds is 3. The molecule has 0 atom stereocenters. The molecule has 2 aromatic rings. The van der Waals surface area contributed by atoms with Crippen LogP contribution in [0.4, 0.5) is 10.2 Å². The summed E-state index contributed by atoms with van der Waals surface area (Å²) in [6.07, 6.45) is 0. The molecule has 0 saturated carbocycles. The van der Waals surface area contributed by atoms with Gasteiger partial charge in [0.2, 0.25) is 11.7 Å². The Labute approximate surface area is 146 Å². The molecule has 0 spiro atoms. The molecule has 0 fully saturated rings. The molecule has 3 N–H and O–H groups in total. The van der Waals surface area contributed by atoms with Gasteiger partial charge in [0.1, 0.15) is 12.4 Å². The molecule has 1 aromatic heterocycles.